The highest BCUT2D eigenvalue weighted by molar-refractivity contribution is 5.70. The molecule has 4 rings (SSSR count). The molecule has 20 heavy (non-hydrogen) atoms. The maximum atomic E-state index is 3.89. The zero-order valence-electron chi connectivity index (χ0n) is 12.2. The quantitative estimate of drug-likeness (QED) is 0.912. The van der Waals surface area contributed by atoms with Gasteiger partial charge in [0.2, 0.25) is 0 Å². The summed E-state index contributed by atoms with van der Waals surface area (Å²) in [5.74, 6) is 0.857. The van der Waals surface area contributed by atoms with Crippen LogP contribution in [-0.4, -0.2) is 43.7 Å². The summed E-state index contributed by atoms with van der Waals surface area (Å²) in [5, 5.41) is 3.89. The van der Waals surface area contributed by atoms with Crippen molar-refractivity contribution in [1.82, 2.24) is 4.90 Å². The highest BCUT2D eigenvalue weighted by atomic mass is 15.2. The standard InChI is InChI=1S/C17H25N3/c1-2-6-17(20-9-3-4-10-20)16(5-1)18-15-8-12-19-11-7-14(15)13-19/h1-2,5-6,14-15,18H,3-4,7-13H2. The zero-order valence-corrected chi connectivity index (χ0v) is 12.2. The third-order valence-electron chi connectivity index (χ3n) is 5.33. The van der Waals surface area contributed by atoms with Gasteiger partial charge < -0.3 is 15.1 Å². The van der Waals surface area contributed by atoms with Gasteiger partial charge in [-0.1, -0.05) is 12.1 Å². The molecule has 1 aromatic carbocycles. The topological polar surface area (TPSA) is 18.5 Å². The van der Waals surface area contributed by atoms with Crippen LogP contribution in [0.4, 0.5) is 11.4 Å². The molecule has 3 unspecified atom stereocenters. The predicted molar refractivity (Wildman–Crippen MR) is 84.5 cm³/mol. The third-order valence-corrected chi connectivity index (χ3v) is 5.33. The summed E-state index contributed by atoms with van der Waals surface area (Å²) >= 11 is 0. The minimum absolute atomic E-state index is 0.678. The lowest BCUT2D eigenvalue weighted by Gasteiger charge is -2.33. The SMILES string of the molecule is c1ccc(N2CCCC2)c(NC2CCN3CCC2C3)c1. The van der Waals surface area contributed by atoms with Crippen molar-refractivity contribution in [3.63, 3.8) is 0 Å². The van der Waals surface area contributed by atoms with E-state index in [1.165, 1.54) is 69.8 Å². The summed E-state index contributed by atoms with van der Waals surface area (Å²) in [7, 11) is 0. The first kappa shape index (κ1) is 12.5. The van der Waals surface area contributed by atoms with E-state index in [1.807, 2.05) is 0 Å². The number of hydrogen-bond donors (Lipinski definition) is 1. The second-order valence-electron chi connectivity index (χ2n) is 6.60. The number of rotatable bonds is 3. The van der Waals surface area contributed by atoms with Crippen molar-refractivity contribution in [2.45, 2.75) is 31.7 Å². The molecule has 0 saturated carbocycles. The van der Waals surface area contributed by atoms with Gasteiger partial charge >= 0.3 is 0 Å². The molecule has 0 amide bonds. The van der Waals surface area contributed by atoms with Gasteiger partial charge in [-0.2, -0.15) is 0 Å². The van der Waals surface area contributed by atoms with E-state index in [0.717, 1.165) is 5.92 Å². The van der Waals surface area contributed by atoms with Gasteiger partial charge in [-0.05, 0) is 50.3 Å². The van der Waals surface area contributed by atoms with Gasteiger partial charge in [0, 0.05) is 32.2 Å². The highest BCUT2D eigenvalue weighted by Crippen LogP contribution is 2.33. The number of para-hydroxylation sites is 2. The molecule has 1 aromatic rings. The largest absolute Gasteiger partial charge is 0.380 e. The molecule has 0 aromatic heterocycles. The van der Waals surface area contributed by atoms with Crippen LogP contribution >= 0.6 is 0 Å². The first-order valence-electron chi connectivity index (χ1n) is 8.23. The molecular formula is C17H25N3. The van der Waals surface area contributed by atoms with Crippen LogP contribution in [0.3, 0.4) is 0 Å². The molecule has 3 atom stereocenters. The van der Waals surface area contributed by atoms with E-state index in [-0.39, 0.29) is 0 Å². The zero-order chi connectivity index (χ0) is 13.4. The predicted octanol–water partition coefficient (Wildman–Crippen LogP) is 2.79. The number of fused-ring (bicyclic) bond motifs is 2. The van der Waals surface area contributed by atoms with Crippen LogP contribution in [0.2, 0.25) is 0 Å². The van der Waals surface area contributed by atoms with Crippen LogP contribution in [0, 0.1) is 5.92 Å². The molecule has 3 heterocycles. The fraction of sp³-hybridized carbons (Fsp3) is 0.647. The van der Waals surface area contributed by atoms with Gasteiger partial charge in [-0.3, -0.25) is 0 Å². The number of anilines is 2. The van der Waals surface area contributed by atoms with Gasteiger partial charge in [0.25, 0.3) is 0 Å². The van der Waals surface area contributed by atoms with Crippen molar-refractivity contribution in [1.29, 1.82) is 0 Å². The van der Waals surface area contributed by atoms with Gasteiger partial charge in [0.15, 0.2) is 0 Å². The molecular weight excluding hydrogens is 246 g/mol. The first-order valence-corrected chi connectivity index (χ1v) is 8.23. The van der Waals surface area contributed by atoms with Crippen LogP contribution in [0.25, 0.3) is 0 Å². The molecule has 3 saturated heterocycles. The Balaban J connectivity index is 1.53. The average molecular weight is 271 g/mol. The van der Waals surface area contributed by atoms with E-state index in [2.05, 4.69) is 39.4 Å². The summed E-state index contributed by atoms with van der Waals surface area (Å²) in [6.45, 7) is 6.35. The van der Waals surface area contributed by atoms with Crippen LogP contribution in [0.15, 0.2) is 24.3 Å². The monoisotopic (exact) mass is 271 g/mol. The van der Waals surface area contributed by atoms with Crippen molar-refractivity contribution < 1.29 is 0 Å². The van der Waals surface area contributed by atoms with Crippen molar-refractivity contribution >= 4 is 11.4 Å². The molecule has 3 aliphatic rings. The van der Waals surface area contributed by atoms with Crippen LogP contribution in [0.5, 0.6) is 0 Å². The van der Waals surface area contributed by atoms with Crippen LogP contribution < -0.4 is 10.2 Å². The Morgan fingerprint density at radius 1 is 0.950 bits per heavy atom. The fourth-order valence-electron chi connectivity index (χ4n) is 4.17. The Labute approximate surface area is 121 Å². The van der Waals surface area contributed by atoms with Crippen molar-refractivity contribution in [3.05, 3.63) is 24.3 Å². The number of hydrogen-bond acceptors (Lipinski definition) is 3. The Hall–Kier alpha value is -1.22. The van der Waals surface area contributed by atoms with Gasteiger partial charge in [0.1, 0.15) is 0 Å². The summed E-state index contributed by atoms with van der Waals surface area (Å²) in [6.07, 6.45) is 5.37. The van der Waals surface area contributed by atoms with Gasteiger partial charge in [-0.15, -0.1) is 0 Å². The molecule has 0 spiro atoms. The Morgan fingerprint density at radius 3 is 2.65 bits per heavy atom. The number of piperidine rings is 1. The van der Waals surface area contributed by atoms with E-state index >= 15 is 0 Å². The summed E-state index contributed by atoms with van der Waals surface area (Å²) in [5.41, 5.74) is 2.78. The lowest BCUT2D eigenvalue weighted by atomic mass is 9.94. The van der Waals surface area contributed by atoms with Crippen molar-refractivity contribution in [2.24, 2.45) is 5.92 Å². The van der Waals surface area contributed by atoms with E-state index in [0.29, 0.717) is 6.04 Å². The summed E-state index contributed by atoms with van der Waals surface area (Å²) < 4.78 is 0. The van der Waals surface area contributed by atoms with Crippen molar-refractivity contribution in [2.75, 3.05) is 42.9 Å². The molecule has 3 fully saturated rings. The van der Waals surface area contributed by atoms with E-state index in [4.69, 9.17) is 0 Å². The lowest BCUT2D eigenvalue weighted by molar-refractivity contribution is 0.255. The highest BCUT2D eigenvalue weighted by Gasteiger charge is 2.34. The number of nitrogens with one attached hydrogen (secondary N) is 1. The number of benzene rings is 1. The fourth-order valence-corrected chi connectivity index (χ4v) is 4.17. The Kier molecular flexibility index (Phi) is 3.31. The molecule has 3 heteroatoms. The van der Waals surface area contributed by atoms with Crippen LogP contribution in [0.1, 0.15) is 25.7 Å². The van der Waals surface area contributed by atoms with Crippen molar-refractivity contribution in [3.8, 4) is 0 Å². The minimum atomic E-state index is 0.678. The molecule has 3 aliphatic heterocycles. The second-order valence-corrected chi connectivity index (χ2v) is 6.60. The van der Waals surface area contributed by atoms with E-state index in [1.54, 1.807) is 0 Å². The smallest absolute Gasteiger partial charge is 0.0602 e. The van der Waals surface area contributed by atoms with Crippen LogP contribution in [-0.2, 0) is 0 Å². The lowest BCUT2D eigenvalue weighted by Crippen LogP contribution is -2.39. The maximum Gasteiger partial charge on any atom is 0.0602 e. The Bertz CT molecular complexity index is 467. The molecule has 108 valence electrons. The summed E-state index contributed by atoms with van der Waals surface area (Å²) in [6, 6.07) is 9.59. The normalized spacial score (nSPS) is 32.6. The van der Waals surface area contributed by atoms with E-state index < -0.39 is 0 Å². The first-order chi connectivity index (χ1) is 9.90. The number of nitrogens with zero attached hydrogens (tertiary/aromatic N) is 2. The average Bonchev–Trinajstić information content (AvgIpc) is 3.13. The Morgan fingerprint density at radius 2 is 1.75 bits per heavy atom. The van der Waals surface area contributed by atoms with Gasteiger partial charge in [0.05, 0.1) is 11.4 Å². The molecule has 2 bridgehead atoms. The molecule has 1 N–H and O–H groups in total. The maximum absolute atomic E-state index is 3.89. The third kappa shape index (κ3) is 2.28. The molecule has 0 aliphatic carbocycles. The van der Waals surface area contributed by atoms with E-state index in [9.17, 15) is 0 Å². The minimum Gasteiger partial charge on any atom is -0.380 e. The molecule has 0 radical (unpaired) electrons. The summed E-state index contributed by atoms with van der Waals surface area (Å²) in [4.78, 5) is 5.17. The van der Waals surface area contributed by atoms with Gasteiger partial charge in [-0.25, -0.2) is 0 Å². The molecule has 3 nitrogen and oxygen atoms in total. The second kappa shape index (κ2) is 5.28.